The second-order valence-electron chi connectivity index (χ2n) is 4.29. The number of aryl methyl sites for hydroxylation is 1. The molecule has 0 saturated heterocycles. The number of aromatic carboxylic acids is 1. The Hall–Kier alpha value is -2.22. The number of nitrogens with zero attached hydrogens (tertiary/aromatic N) is 4. The molecule has 7 nitrogen and oxygen atoms in total. The van der Waals surface area contributed by atoms with Crippen LogP contribution in [0.2, 0.25) is 0 Å². The highest BCUT2D eigenvalue weighted by atomic mass is 32.1. The maximum absolute atomic E-state index is 10.9. The molecule has 2 rings (SSSR count). The maximum atomic E-state index is 10.9. The molecule has 2 heterocycles. The third kappa shape index (κ3) is 3.66. The standard InChI is InChI=1S/C13H17N5O2S/c1-4-18(5-2)11-6-10(15-8(3)16-11)17-13-14-7-9(21-13)12(19)20/h6-7H,4-5H2,1-3H3,(H,19,20)(H,14,15,16,17). The molecule has 0 atom stereocenters. The number of hydrogen-bond acceptors (Lipinski definition) is 7. The Morgan fingerprint density at radius 3 is 2.67 bits per heavy atom. The molecule has 0 fully saturated rings. The fourth-order valence-electron chi connectivity index (χ4n) is 1.87. The van der Waals surface area contributed by atoms with Crippen LogP contribution in [0.25, 0.3) is 0 Å². The van der Waals surface area contributed by atoms with Crippen molar-refractivity contribution in [3.8, 4) is 0 Å². The van der Waals surface area contributed by atoms with Crippen LogP contribution in [0.3, 0.4) is 0 Å². The first-order valence-electron chi connectivity index (χ1n) is 6.60. The Morgan fingerprint density at radius 2 is 2.10 bits per heavy atom. The summed E-state index contributed by atoms with van der Waals surface area (Å²) in [5, 5.41) is 12.4. The maximum Gasteiger partial charge on any atom is 0.347 e. The van der Waals surface area contributed by atoms with Gasteiger partial charge in [0.2, 0.25) is 0 Å². The lowest BCUT2D eigenvalue weighted by Crippen LogP contribution is -2.23. The van der Waals surface area contributed by atoms with Gasteiger partial charge in [-0.05, 0) is 20.8 Å². The van der Waals surface area contributed by atoms with E-state index in [2.05, 4.69) is 39.0 Å². The topological polar surface area (TPSA) is 91.2 Å². The molecule has 112 valence electrons. The summed E-state index contributed by atoms with van der Waals surface area (Å²) in [7, 11) is 0. The number of anilines is 3. The van der Waals surface area contributed by atoms with Gasteiger partial charge in [-0.15, -0.1) is 0 Å². The molecule has 0 unspecified atom stereocenters. The number of carboxylic acids is 1. The number of rotatable bonds is 6. The van der Waals surface area contributed by atoms with Gasteiger partial charge in [-0.25, -0.2) is 19.7 Å². The van der Waals surface area contributed by atoms with Crippen molar-refractivity contribution in [2.24, 2.45) is 0 Å². The zero-order chi connectivity index (χ0) is 15.4. The van der Waals surface area contributed by atoms with E-state index < -0.39 is 5.97 Å². The molecule has 21 heavy (non-hydrogen) atoms. The van der Waals surface area contributed by atoms with Gasteiger partial charge in [-0.2, -0.15) is 0 Å². The Labute approximate surface area is 126 Å². The molecular weight excluding hydrogens is 290 g/mol. The van der Waals surface area contributed by atoms with Crippen LogP contribution >= 0.6 is 11.3 Å². The summed E-state index contributed by atoms with van der Waals surface area (Å²) in [6.07, 6.45) is 1.33. The van der Waals surface area contributed by atoms with Gasteiger partial charge in [0.1, 0.15) is 22.3 Å². The molecule has 2 aromatic rings. The summed E-state index contributed by atoms with van der Waals surface area (Å²) >= 11 is 1.07. The molecule has 2 aromatic heterocycles. The van der Waals surface area contributed by atoms with Crippen LogP contribution in [0, 0.1) is 6.92 Å². The van der Waals surface area contributed by atoms with Gasteiger partial charge in [0.05, 0.1) is 6.20 Å². The van der Waals surface area contributed by atoms with E-state index in [0.717, 1.165) is 30.2 Å². The Balaban J connectivity index is 2.24. The normalized spacial score (nSPS) is 10.4. The van der Waals surface area contributed by atoms with Crippen LogP contribution in [0.5, 0.6) is 0 Å². The zero-order valence-electron chi connectivity index (χ0n) is 12.1. The van der Waals surface area contributed by atoms with Gasteiger partial charge in [-0.1, -0.05) is 11.3 Å². The van der Waals surface area contributed by atoms with E-state index in [-0.39, 0.29) is 4.88 Å². The largest absolute Gasteiger partial charge is 0.477 e. The molecule has 0 aliphatic heterocycles. The third-order valence-corrected chi connectivity index (χ3v) is 3.76. The van der Waals surface area contributed by atoms with Crippen LogP contribution < -0.4 is 10.2 Å². The van der Waals surface area contributed by atoms with E-state index in [1.54, 1.807) is 0 Å². The molecule has 8 heteroatoms. The minimum Gasteiger partial charge on any atom is -0.477 e. The highest BCUT2D eigenvalue weighted by Crippen LogP contribution is 2.23. The van der Waals surface area contributed by atoms with Crippen LogP contribution in [0.4, 0.5) is 16.8 Å². The first-order valence-corrected chi connectivity index (χ1v) is 7.42. The number of hydrogen-bond donors (Lipinski definition) is 2. The average Bonchev–Trinajstić information content (AvgIpc) is 2.88. The highest BCUT2D eigenvalue weighted by Gasteiger charge is 2.11. The Bertz CT molecular complexity index is 639. The van der Waals surface area contributed by atoms with Crippen molar-refractivity contribution in [3.05, 3.63) is 23.0 Å². The summed E-state index contributed by atoms with van der Waals surface area (Å²) in [6, 6.07) is 1.84. The Morgan fingerprint density at radius 1 is 1.38 bits per heavy atom. The van der Waals surface area contributed by atoms with Crippen molar-refractivity contribution >= 4 is 34.1 Å². The van der Waals surface area contributed by atoms with Crippen molar-refractivity contribution in [1.29, 1.82) is 0 Å². The molecular formula is C13H17N5O2S. The molecule has 0 radical (unpaired) electrons. The molecule has 0 saturated carbocycles. The average molecular weight is 307 g/mol. The van der Waals surface area contributed by atoms with Crippen LogP contribution in [-0.2, 0) is 0 Å². The van der Waals surface area contributed by atoms with E-state index in [9.17, 15) is 4.79 Å². The van der Waals surface area contributed by atoms with Crippen LogP contribution in [0.1, 0.15) is 29.3 Å². The van der Waals surface area contributed by atoms with Crippen LogP contribution in [-0.4, -0.2) is 39.1 Å². The second-order valence-corrected chi connectivity index (χ2v) is 5.32. The summed E-state index contributed by atoms with van der Waals surface area (Å²) in [4.78, 5) is 25.9. The van der Waals surface area contributed by atoms with Gasteiger partial charge in [0, 0.05) is 19.2 Å². The Kier molecular flexibility index (Phi) is 4.69. The predicted octanol–water partition coefficient (Wildman–Crippen LogP) is 2.53. The lowest BCUT2D eigenvalue weighted by atomic mass is 10.4. The number of carbonyl (C=O) groups is 1. The van der Waals surface area contributed by atoms with E-state index in [1.807, 2.05) is 13.0 Å². The van der Waals surface area contributed by atoms with E-state index in [0.29, 0.717) is 16.8 Å². The monoisotopic (exact) mass is 307 g/mol. The minimum absolute atomic E-state index is 0.187. The van der Waals surface area contributed by atoms with Gasteiger partial charge in [-0.3, -0.25) is 0 Å². The summed E-state index contributed by atoms with van der Waals surface area (Å²) in [6.45, 7) is 7.66. The highest BCUT2D eigenvalue weighted by molar-refractivity contribution is 7.17. The van der Waals surface area contributed by atoms with Crippen molar-refractivity contribution in [1.82, 2.24) is 15.0 Å². The smallest absolute Gasteiger partial charge is 0.347 e. The van der Waals surface area contributed by atoms with Gasteiger partial charge in [0.25, 0.3) is 0 Å². The second kappa shape index (κ2) is 6.49. The fourth-order valence-corrected chi connectivity index (χ4v) is 2.53. The lowest BCUT2D eigenvalue weighted by molar-refractivity contribution is 0.0702. The van der Waals surface area contributed by atoms with Gasteiger partial charge < -0.3 is 15.3 Å². The molecule has 2 N–H and O–H groups in total. The van der Waals surface area contributed by atoms with E-state index in [4.69, 9.17) is 5.11 Å². The third-order valence-electron chi connectivity index (χ3n) is 2.86. The number of aromatic nitrogens is 3. The number of nitrogens with one attached hydrogen (secondary N) is 1. The predicted molar refractivity (Wildman–Crippen MR) is 82.7 cm³/mol. The molecule has 0 aromatic carbocycles. The first-order chi connectivity index (χ1) is 10.0. The van der Waals surface area contributed by atoms with Crippen molar-refractivity contribution < 1.29 is 9.90 Å². The quantitative estimate of drug-likeness (QED) is 0.847. The van der Waals surface area contributed by atoms with Crippen LogP contribution in [0.15, 0.2) is 12.3 Å². The van der Waals surface area contributed by atoms with E-state index >= 15 is 0 Å². The molecule has 0 bridgehead atoms. The van der Waals surface area contributed by atoms with Gasteiger partial charge in [0.15, 0.2) is 5.13 Å². The summed E-state index contributed by atoms with van der Waals surface area (Å²) < 4.78 is 0. The zero-order valence-corrected chi connectivity index (χ0v) is 12.9. The summed E-state index contributed by atoms with van der Waals surface area (Å²) in [5.74, 6) is 1.11. The lowest BCUT2D eigenvalue weighted by Gasteiger charge is -2.20. The summed E-state index contributed by atoms with van der Waals surface area (Å²) in [5.41, 5.74) is 0. The SMILES string of the molecule is CCN(CC)c1cc(Nc2ncc(C(=O)O)s2)nc(C)n1. The first kappa shape index (κ1) is 15.2. The molecule has 0 amide bonds. The minimum atomic E-state index is -0.983. The van der Waals surface area contributed by atoms with Gasteiger partial charge >= 0.3 is 5.97 Å². The fraction of sp³-hybridized carbons (Fsp3) is 0.385. The molecule has 0 spiro atoms. The van der Waals surface area contributed by atoms with E-state index in [1.165, 1.54) is 6.20 Å². The molecule has 0 aliphatic carbocycles. The van der Waals surface area contributed by atoms with Crippen molar-refractivity contribution in [2.45, 2.75) is 20.8 Å². The van der Waals surface area contributed by atoms with Crippen molar-refractivity contribution in [3.63, 3.8) is 0 Å². The number of carboxylic acid groups (broad SMARTS) is 1. The number of thiazole rings is 1. The van der Waals surface area contributed by atoms with Crippen molar-refractivity contribution in [2.75, 3.05) is 23.3 Å². The molecule has 0 aliphatic rings.